The molecule has 0 aliphatic carbocycles. The van der Waals surface area contributed by atoms with E-state index in [4.69, 9.17) is 4.74 Å². The molecule has 1 aromatic heterocycles. The molecule has 1 heterocycles. The van der Waals surface area contributed by atoms with Crippen molar-refractivity contribution in [2.75, 3.05) is 6.26 Å². The first kappa shape index (κ1) is 16.7. The fourth-order valence-corrected chi connectivity index (χ4v) is 2.05. The van der Waals surface area contributed by atoms with Gasteiger partial charge in [-0.2, -0.15) is 0 Å². The van der Waals surface area contributed by atoms with Crippen LogP contribution in [0.3, 0.4) is 0 Å². The molecule has 0 unspecified atom stereocenters. The van der Waals surface area contributed by atoms with Crippen LogP contribution < -0.4 is 9.46 Å². The number of halogens is 2. The summed E-state index contributed by atoms with van der Waals surface area (Å²) in [5, 5.41) is 0. The molecule has 2 rings (SSSR count). The first-order valence-electron chi connectivity index (χ1n) is 6.13. The smallest absolute Gasteiger partial charge is 0.267 e. The number of hydrogen-bond donors (Lipinski definition) is 1. The molecule has 0 aliphatic heterocycles. The largest absolute Gasteiger partial charge is 0.436 e. The quantitative estimate of drug-likeness (QED) is 0.904. The van der Waals surface area contributed by atoms with Crippen LogP contribution in [-0.2, 0) is 10.0 Å². The van der Waals surface area contributed by atoms with Gasteiger partial charge >= 0.3 is 0 Å². The number of nitrogens with one attached hydrogen (secondary N) is 1. The summed E-state index contributed by atoms with van der Waals surface area (Å²) in [6.07, 6.45) is 1.90. The zero-order valence-electron chi connectivity index (χ0n) is 12.0. The van der Waals surface area contributed by atoms with Crippen LogP contribution in [0.4, 0.5) is 8.78 Å². The normalized spacial score (nSPS) is 11.1. The first-order chi connectivity index (χ1) is 10.7. The van der Waals surface area contributed by atoms with Gasteiger partial charge < -0.3 is 4.74 Å². The number of nitrogens with zero attached hydrogens (tertiary/aromatic N) is 2. The maximum Gasteiger partial charge on any atom is 0.267 e. The minimum absolute atomic E-state index is 0.0101. The highest BCUT2D eigenvalue weighted by atomic mass is 32.2. The molecule has 1 amide bonds. The fraction of sp³-hybridized carbons (Fsp3) is 0.154. The van der Waals surface area contributed by atoms with Crippen molar-refractivity contribution >= 4 is 15.9 Å². The second-order valence-electron chi connectivity index (χ2n) is 4.57. The maximum absolute atomic E-state index is 13.9. The molecule has 0 aliphatic rings. The van der Waals surface area contributed by atoms with E-state index < -0.39 is 38.9 Å². The van der Waals surface area contributed by atoms with E-state index in [0.29, 0.717) is 24.1 Å². The molecule has 7 nitrogen and oxygen atoms in total. The van der Waals surface area contributed by atoms with Crippen molar-refractivity contribution in [1.82, 2.24) is 14.7 Å². The molecular weight excluding hydrogens is 332 g/mol. The van der Waals surface area contributed by atoms with Crippen molar-refractivity contribution in [1.29, 1.82) is 0 Å². The number of aryl methyl sites for hydroxylation is 1. The van der Waals surface area contributed by atoms with Gasteiger partial charge in [-0.05, 0) is 13.0 Å². The van der Waals surface area contributed by atoms with E-state index in [0.717, 1.165) is 0 Å². The Labute approximate surface area is 130 Å². The topological polar surface area (TPSA) is 98.2 Å². The predicted octanol–water partition coefficient (Wildman–Crippen LogP) is 1.54. The number of ether oxygens (including phenoxy) is 1. The summed E-state index contributed by atoms with van der Waals surface area (Å²) in [4.78, 5) is 19.1. The Bertz CT molecular complexity index is 872. The minimum Gasteiger partial charge on any atom is -0.436 e. The summed E-state index contributed by atoms with van der Waals surface area (Å²) >= 11 is 0. The van der Waals surface area contributed by atoms with Gasteiger partial charge in [0.25, 0.3) is 5.91 Å². The second kappa shape index (κ2) is 6.24. The number of benzene rings is 1. The third kappa shape index (κ3) is 4.42. The zero-order valence-corrected chi connectivity index (χ0v) is 12.8. The lowest BCUT2D eigenvalue weighted by Crippen LogP contribution is -2.30. The molecule has 0 radical (unpaired) electrons. The van der Waals surface area contributed by atoms with Crippen LogP contribution in [-0.4, -0.2) is 30.5 Å². The van der Waals surface area contributed by atoms with E-state index in [9.17, 15) is 22.0 Å². The van der Waals surface area contributed by atoms with Crippen LogP contribution in [0, 0.1) is 18.6 Å². The van der Waals surface area contributed by atoms with Crippen molar-refractivity contribution in [2.24, 2.45) is 0 Å². The van der Waals surface area contributed by atoms with E-state index in [2.05, 4.69) is 9.97 Å². The number of rotatable bonds is 4. The number of carbonyl (C=O) groups is 1. The molecular formula is C13H11F2N3O4S. The molecule has 0 spiro atoms. The van der Waals surface area contributed by atoms with E-state index in [1.807, 2.05) is 0 Å². The second-order valence-corrected chi connectivity index (χ2v) is 6.31. The molecule has 1 aromatic carbocycles. The highest BCUT2D eigenvalue weighted by Crippen LogP contribution is 2.26. The Morgan fingerprint density at radius 3 is 2.48 bits per heavy atom. The number of aromatic nitrogens is 2. The Hall–Kier alpha value is -2.62. The average molecular weight is 343 g/mol. The average Bonchev–Trinajstić information content (AvgIpc) is 2.40. The number of sulfonamides is 1. The van der Waals surface area contributed by atoms with Crippen LogP contribution in [0.5, 0.6) is 11.6 Å². The van der Waals surface area contributed by atoms with Crippen LogP contribution in [0.15, 0.2) is 24.5 Å². The molecule has 122 valence electrons. The number of hydrogen-bond acceptors (Lipinski definition) is 6. The molecule has 1 N–H and O–H groups in total. The van der Waals surface area contributed by atoms with E-state index >= 15 is 0 Å². The molecule has 0 saturated carbocycles. The highest BCUT2D eigenvalue weighted by molar-refractivity contribution is 7.89. The van der Waals surface area contributed by atoms with Gasteiger partial charge in [0.2, 0.25) is 15.9 Å². The van der Waals surface area contributed by atoms with Gasteiger partial charge in [-0.3, -0.25) is 4.79 Å². The van der Waals surface area contributed by atoms with E-state index in [-0.39, 0.29) is 5.88 Å². The van der Waals surface area contributed by atoms with Crippen molar-refractivity contribution in [2.45, 2.75) is 6.92 Å². The van der Waals surface area contributed by atoms with Gasteiger partial charge in [-0.1, -0.05) is 0 Å². The standard InChI is InChI=1S/C13H11F2N3O4S/c1-7-3-12(17-6-16-7)22-11-5-9(14)8(4-10(11)15)13(19)18-23(2,20)21/h3-6H,1-2H3,(H,18,19). The van der Waals surface area contributed by atoms with Gasteiger partial charge in [0, 0.05) is 17.8 Å². The number of carbonyl (C=O) groups excluding carboxylic acids is 1. The van der Waals surface area contributed by atoms with Crippen LogP contribution in [0.2, 0.25) is 0 Å². The molecule has 23 heavy (non-hydrogen) atoms. The molecule has 0 saturated heterocycles. The van der Waals surface area contributed by atoms with Crippen molar-refractivity contribution in [3.8, 4) is 11.6 Å². The number of amides is 1. The first-order valence-corrected chi connectivity index (χ1v) is 8.02. The summed E-state index contributed by atoms with van der Waals surface area (Å²) in [7, 11) is -3.90. The van der Waals surface area contributed by atoms with Crippen LogP contribution >= 0.6 is 0 Å². The van der Waals surface area contributed by atoms with Gasteiger partial charge in [-0.25, -0.2) is 31.9 Å². The van der Waals surface area contributed by atoms with Gasteiger partial charge in [0.1, 0.15) is 12.1 Å². The van der Waals surface area contributed by atoms with Crippen LogP contribution in [0.1, 0.15) is 16.1 Å². The molecule has 10 heteroatoms. The van der Waals surface area contributed by atoms with Crippen molar-refractivity contribution in [3.05, 3.63) is 47.4 Å². The molecule has 0 bridgehead atoms. The Morgan fingerprint density at radius 1 is 1.17 bits per heavy atom. The lowest BCUT2D eigenvalue weighted by Gasteiger charge is -2.09. The van der Waals surface area contributed by atoms with E-state index in [1.54, 1.807) is 11.6 Å². The SMILES string of the molecule is Cc1cc(Oc2cc(F)c(C(=O)NS(C)(=O)=O)cc2F)ncn1. The Kier molecular flexibility index (Phi) is 4.55. The van der Waals surface area contributed by atoms with Crippen LogP contribution in [0.25, 0.3) is 0 Å². The monoisotopic (exact) mass is 343 g/mol. The molecule has 2 aromatic rings. The zero-order chi connectivity index (χ0) is 17.2. The van der Waals surface area contributed by atoms with Gasteiger partial charge in [0.15, 0.2) is 11.6 Å². The predicted molar refractivity (Wildman–Crippen MR) is 75.5 cm³/mol. The summed E-state index contributed by atoms with van der Waals surface area (Å²) in [5.74, 6) is -4.00. The van der Waals surface area contributed by atoms with Crippen molar-refractivity contribution < 1.29 is 26.7 Å². The van der Waals surface area contributed by atoms with Crippen molar-refractivity contribution in [3.63, 3.8) is 0 Å². The lowest BCUT2D eigenvalue weighted by molar-refractivity contribution is 0.0977. The fourth-order valence-electron chi connectivity index (χ4n) is 1.60. The summed E-state index contributed by atoms with van der Waals surface area (Å²) in [5.41, 5.74) is -0.209. The Morgan fingerprint density at radius 2 is 1.87 bits per heavy atom. The molecule has 0 atom stereocenters. The third-order valence-corrected chi connectivity index (χ3v) is 3.09. The maximum atomic E-state index is 13.9. The van der Waals surface area contributed by atoms with Gasteiger partial charge in [-0.15, -0.1) is 0 Å². The third-order valence-electron chi connectivity index (χ3n) is 2.54. The highest BCUT2D eigenvalue weighted by Gasteiger charge is 2.20. The Balaban J connectivity index is 2.32. The van der Waals surface area contributed by atoms with Gasteiger partial charge in [0.05, 0.1) is 11.8 Å². The summed E-state index contributed by atoms with van der Waals surface area (Å²) in [6.45, 7) is 1.66. The lowest BCUT2D eigenvalue weighted by atomic mass is 10.2. The summed E-state index contributed by atoms with van der Waals surface area (Å²) < 4.78 is 56.4. The van der Waals surface area contributed by atoms with E-state index in [1.165, 1.54) is 12.4 Å². The minimum atomic E-state index is -3.90. The molecule has 0 fully saturated rings. The summed E-state index contributed by atoms with van der Waals surface area (Å²) in [6, 6.07) is 2.57.